The van der Waals surface area contributed by atoms with Crippen LogP contribution < -0.4 is 5.56 Å². The van der Waals surface area contributed by atoms with Gasteiger partial charge in [0, 0.05) is 35.7 Å². The van der Waals surface area contributed by atoms with Gasteiger partial charge in [0.15, 0.2) is 5.78 Å². The van der Waals surface area contributed by atoms with Crippen molar-refractivity contribution < 1.29 is 49.8 Å². The number of likely N-dealkylation sites (tertiary alicyclic amines) is 1. The highest BCUT2D eigenvalue weighted by molar-refractivity contribution is 5.84. The van der Waals surface area contributed by atoms with Crippen molar-refractivity contribution in [1.29, 1.82) is 0 Å². The number of alkyl halides is 6. The van der Waals surface area contributed by atoms with Crippen LogP contribution >= 0.6 is 0 Å². The molecule has 1 unspecified atom stereocenters. The molecule has 0 bridgehead atoms. The van der Waals surface area contributed by atoms with Crippen molar-refractivity contribution in [2.45, 2.75) is 90.5 Å². The first-order valence-electron chi connectivity index (χ1n) is 16.6. The molecule has 0 spiro atoms. The highest BCUT2D eigenvalue weighted by Gasteiger charge is 2.41. The molecule has 0 radical (unpaired) electrons. The van der Waals surface area contributed by atoms with Gasteiger partial charge < -0.3 is 14.6 Å². The normalized spacial score (nSPS) is 15.2. The van der Waals surface area contributed by atoms with E-state index in [9.17, 15) is 45.8 Å². The molecular weight excluding hydrogens is 688 g/mol. The number of benzene rings is 2. The Kier molecular flexibility index (Phi) is 12.2. The zero-order valence-corrected chi connectivity index (χ0v) is 28.7. The lowest BCUT2D eigenvalue weighted by atomic mass is 9.83. The molecule has 2 aromatic carbocycles. The van der Waals surface area contributed by atoms with Gasteiger partial charge in [0.25, 0.3) is 5.56 Å². The summed E-state index contributed by atoms with van der Waals surface area (Å²) in [6.45, 7) is 8.46. The molecule has 3 aromatic rings. The number of nitrogens with zero attached hydrogens (tertiary/aromatic N) is 2. The standard InChI is InChI=1S/C37H40F8N2O4/c1-20(2)14-28(47-19-23(10-6-11-46-12-7-13-46)26(18-30(47)49)36(40,41)42)29(48)15-24(16-31(50)51)33-34(38)25(17-27(35(33)39)37(43,44)45)32-21(3)8-5-9-22(32)4/h5,8-9,17-20,24,28H,6-7,10-16H2,1-4H3,(H,50,51)/t24-,28?/m0/s1. The van der Waals surface area contributed by atoms with Gasteiger partial charge in [0.2, 0.25) is 0 Å². The monoisotopic (exact) mass is 728 g/mol. The second-order valence-electron chi connectivity index (χ2n) is 13.6. The number of rotatable bonds is 14. The Bertz CT molecular complexity index is 1810. The summed E-state index contributed by atoms with van der Waals surface area (Å²) in [5.41, 5.74) is -5.63. The van der Waals surface area contributed by atoms with Crippen LogP contribution in [0.4, 0.5) is 35.1 Å². The molecule has 0 aliphatic carbocycles. The zero-order valence-electron chi connectivity index (χ0n) is 28.7. The molecule has 14 heteroatoms. The van der Waals surface area contributed by atoms with E-state index in [1.807, 2.05) is 0 Å². The number of hydrogen-bond donors (Lipinski definition) is 1. The summed E-state index contributed by atoms with van der Waals surface area (Å²) in [7, 11) is 0. The highest BCUT2D eigenvalue weighted by Crippen LogP contribution is 2.43. The van der Waals surface area contributed by atoms with Crippen LogP contribution in [0.25, 0.3) is 11.1 Å². The van der Waals surface area contributed by atoms with Gasteiger partial charge in [0.1, 0.15) is 11.6 Å². The van der Waals surface area contributed by atoms with Crippen LogP contribution in [0.1, 0.15) is 91.3 Å². The Balaban J connectivity index is 1.85. The minimum Gasteiger partial charge on any atom is -0.481 e. The van der Waals surface area contributed by atoms with E-state index in [0.717, 1.165) is 30.3 Å². The maximum Gasteiger partial charge on any atom is 0.419 e. The van der Waals surface area contributed by atoms with Crippen molar-refractivity contribution in [3.8, 4) is 11.1 Å². The predicted molar refractivity (Wildman–Crippen MR) is 174 cm³/mol. The second-order valence-corrected chi connectivity index (χ2v) is 13.6. The predicted octanol–water partition coefficient (Wildman–Crippen LogP) is 8.89. The quantitative estimate of drug-likeness (QED) is 0.168. The van der Waals surface area contributed by atoms with Crippen LogP contribution in [-0.2, 0) is 28.4 Å². The smallest absolute Gasteiger partial charge is 0.419 e. The van der Waals surface area contributed by atoms with Crippen LogP contribution in [0.2, 0.25) is 0 Å². The van der Waals surface area contributed by atoms with Crippen LogP contribution in [0, 0.1) is 31.4 Å². The fourth-order valence-electron chi connectivity index (χ4n) is 6.75. The van der Waals surface area contributed by atoms with Crippen molar-refractivity contribution >= 4 is 11.8 Å². The van der Waals surface area contributed by atoms with E-state index in [4.69, 9.17) is 0 Å². The number of aliphatic carboxylic acids is 1. The number of pyridine rings is 1. The Morgan fingerprint density at radius 2 is 1.51 bits per heavy atom. The van der Waals surface area contributed by atoms with E-state index in [-0.39, 0.29) is 29.9 Å². The molecule has 2 atom stereocenters. The number of carbonyl (C=O) groups excluding carboxylic acids is 1. The second kappa shape index (κ2) is 15.7. The van der Waals surface area contributed by atoms with Crippen molar-refractivity contribution in [3.63, 3.8) is 0 Å². The molecule has 51 heavy (non-hydrogen) atoms. The number of Topliss-reactive ketones (excluding diaryl/α,β-unsaturated/α-hetero) is 1. The summed E-state index contributed by atoms with van der Waals surface area (Å²) in [4.78, 5) is 41.3. The van der Waals surface area contributed by atoms with E-state index >= 15 is 8.78 Å². The van der Waals surface area contributed by atoms with Gasteiger partial charge >= 0.3 is 18.3 Å². The van der Waals surface area contributed by atoms with Crippen LogP contribution in [0.3, 0.4) is 0 Å². The van der Waals surface area contributed by atoms with Gasteiger partial charge in [-0.2, -0.15) is 26.3 Å². The molecule has 1 N–H and O–H groups in total. The summed E-state index contributed by atoms with van der Waals surface area (Å²) < 4.78 is 118. The summed E-state index contributed by atoms with van der Waals surface area (Å²) >= 11 is 0. The topological polar surface area (TPSA) is 79.6 Å². The molecule has 1 saturated heterocycles. The number of carbonyl (C=O) groups is 2. The molecular formula is C37H40F8N2O4. The Hall–Kier alpha value is -4.07. The SMILES string of the molecule is Cc1cccc(C)c1-c1cc(C(F)(F)F)c(F)c([C@H](CC(=O)O)CC(=O)C(CC(C)C)n2cc(CCCN3CCC3)c(C(F)(F)F)cc2=O)c1F. The lowest BCUT2D eigenvalue weighted by Crippen LogP contribution is -2.38. The third-order valence-electron chi connectivity index (χ3n) is 9.31. The van der Waals surface area contributed by atoms with Crippen molar-refractivity contribution in [2.24, 2.45) is 5.92 Å². The number of carboxylic acids is 1. The zero-order chi connectivity index (χ0) is 38.0. The van der Waals surface area contributed by atoms with Gasteiger partial charge in [-0.05, 0) is 93.4 Å². The molecule has 1 aliphatic heterocycles. The average Bonchev–Trinajstić information content (AvgIpc) is 2.97. The molecule has 1 aliphatic rings. The van der Waals surface area contributed by atoms with E-state index in [1.54, 1.807) is 19.9 Å². The first-order valence-corrected chi connectivity index (χ1v) is 16.6. The van der Waals surface area contributed by atoms with Crippen molar-refractivity contribution in [3.05, 3.63) is 91.9 Å². The molecule has 0 amide bonds. The minimum absolute atomic E-state index is 0.0257. The van der Waals surface area contributed by atoms with Gasteiger partial charge in [-0.1, -0.05) is 32.0 Å². The molecule has 6 nitrogen and oxygen atoms in total. The summed E-state index contributed by atoms with van der Waals surface area (Å²) in [5.74, 6) is -8.55. The summed E-state index contributed by atoms with van der Waals surface area (Å²) in [6, 6.07) is 3.79. The van der Waals surface area contributed by atoms with E-state index in [2.05, 4.69) is 4.90 Å². The number of aryl methyl sites for hydroxylation is 3. The Morgan fingerprint density at radius 1 is 0.902 bits per heavy atom. The largest absolute Gasteiger partial charge is 0.481 e. The third kappa shape index (κ3) is 9.24. The maximum absolute atomic E-state index is 16.4. The fraction of sp³-hybridized carbons (Fsp3) is 0.486. The van der Waals surface area contributed by atoms with E-state index in [0.29, 0.717) is 36.2 Å². The molecule has 2 heterocycles. The van der Waals surface area contributed by atoms with Gasteiger partial charge in [-0.25, -0.2) is 8.78 Å². The molecule has 4 rings (SSSR count). The molecule has 1 aromatic heterocycles. The first-order chi connectivity index (χ1) is 23.7. The number of carboxylic acid groups (broad SMARTS) is 1. The number of aromatic nitrogens is 1. The number of hydrogen-bond acceptors (Lipinski definition) is 4. The van der Waals surface area contributed by atoms with Crippen molar-refractivity contribution in [1.82, 2.24) is 9.47 Å². The summed E-state index contributed by atoms with van der Waals surface area (Å²) in [5, 5.41) is 9.73. The molecule has 1 fully saturated rings. The Labute approximate surface area is 290 Å². The van der Waals surface area contributed by atoms with Crippen LogP contribution in [0.15, 0.2) is 41.3 Å². The van der Waals surface area contributed by atoms with E-state index in [1.165, 1.54) is 26.0 Å². The number of ketones is 1. The third-order valence-corrected chi connectivity index (χ3v) is 9.31. The average molecular weight is 729 g/mol. The van der Waals surface area contributed by atoms with Crippen LogP contribution in [0.5, 0.6) is 0 Å². The van der Waals surface area contributed by atoms with Crippen LogP contribution in [-0.4, -0.2) is 46.0 Å². The highest BCUT2D eigenvalue weighted by atomic mass is 19.4. The van der Waals surface area contributed by atoms with Gasteiger partial charge in [0.05, 0.1) is 23.6 Å². The minimum atomic E-state index is -5.34. The Morgan fingerprint density at radius 3 is 2.02 bits per heavy atom. The maximum atomic E-state index is 16.4. The van der Waals surface area contributed by atoms with Gasteiger partial charge in [-0.15, -0.1) is 0 Å². The lowest BCUT2D eigenvalue weighted by Gasteiger charge is -2.30. The number of halogens is 8. The molecule has 0 saturated carbocycles. The van der Waals surface area contributed by atoms with Gasteiger partial charge in [-0.3, -0.25) is 14.4 Å². The fourth-order valence-corrected chi connectivity index (χ4v) is 6.75. The first kappa shape index (κ1) is 39.7. The molecule has 278 valence electrons. The summed E-state index contributed by atoms with van der Waals surface area (Å²) in [6.07, 6.45) is -10.4. The lowest BCUT2D eigenvalue weighted by molar-refractivity contribution is -0.140. The van der Waals surface area contributed by atoms with E-state index < -0.39 is 88.4 Å². The van der Waals surface area contributed by atoms with Crippen molar-refractivity contribution in [2.75, 3.05) is 19.6 Å².